The van der Waals surface area contributed by atoms with Crippen LogP contribution in [-0.4, -0.2) is 34.5 Å². The quantitative estimate of drug-likeness (QED) is 0.804. The lowest BCUT2D eigenvalue weighted by Crippen LogP contribution is -2.23. The monoisotopic (exact) mass is 286 g/mol. The Morgan fingerprint density at radius 3 is 2.60 bits per heavy atom. The second-order valence-electron chi connectivity index (χ2n) is 4.29. The number of anilines is 1. The van der Waals surface area contributed by atoms with Gasteiger partial charge in [0.15, 0.2) is 0 Å². The fraction of sp³-hybridized carbons (Fsp3) is 0.308. The van der Waals surface area contributed by atoms with Gasteiger partial charge in [0.2, 0.25) is 0 Å². The van der Waals surface area contributed by atoms with Crippen LogP contribution in [0.1, 0.15) is 5.69 Å². The van der Waals surface area contributed by atoms with Crippen LogP contribution >= 0.6 is 0 Å². The van der Waals surface area contributed by atoms with Crippen LogP contribution in [0.4, 0.5) is 18.9 Å². The lowest BCUT2D eigenvalue weighted by atomic mass is 10.1. The first-order chi connectivity index (χ1) is 9.41. The van der Waals surface area contributed by atoms with Gasteiger partial charge in [0, 0.05) is 17.6 Å². The molecule has 1 heterocycles. The van der Waals surface area contributed by atoms with Gasteiger partial charge in [-0.25, -0.2) is 4.98 Å². The fourth-order valence-corrected chi connectivity index (χ4v) is 1.76. The van der Waals surface area contributed by atoms with Crippen LogP contribution in [0.25, 0.3) is 10.9 Å². The molecule has 0 aliphatic carbocycles. The number of para-hydroxylation sites is 1. The van der Waals surface area contributed by atoms with Gasteiger partial charge in [0.1, 0.15) is 5.69 Å². The Balaban J connectivity index is 2.44. The first kappa shape index (κ1) is 14.5. The molecule has 4 nitrogen and oxygen atoms in total. The van der Waals surface area contributed by atoms with Crippen molar-refractivity contribution in [2.75, 3.05) is 18.5 Å². The third-order valence-corrected chi connectivity index (χ3v) is 2.75. The normalized spacial score (nSPS) is 13.4. The minimum absolute atomic E-state index is 0.0538. The highest BCUT2D eigenvalue weighted by Gasteiger charge is 2.33. The van der Waals surface area contributed by atoms with Crippen molar-refractivity contribution in [2.45, 2.75) is 12.3 Å². The van der Waals surface area contributed by atoms with Gasteiger partial charge < -0.3 is 15.5 Å². The second-order valence-corrected chi connectivity index (χ2v) is 4.29. The third-order valence-electron chi connectivity index (χ3n) is 2.75. The molecule has 0 fully saturated rings. The molecule has 108 valence electrons. The van der Waals surface area contributed by atoms with Crippen molar-refractivity contribution in [3.8, 4) is 0 Å². The van der Waals surface area contributed by atoms with Crippen molar-refractivity contribution < 1.29 is 23.4 Å². The average Bonchev–Trinajstić information content (AvgIpc) is 2.43. The molecule has 1 atom stereocenters. The minimum atomic E-state index is -4.55. The molecule has 0 aliphatic rings. The Morgan fingerprint density at radius 2 is 1.95 bits per heavy atom. The van der Waals surface area contributed by atoms with Crippen LogP contribution in [-0.2, 0) is 6.18 Å². The fourth-order valence-electron chi connectivity index (χ4n) is 1.76. The molecule has 0 spiro atoms. The molecule has 3 N–H and O–H groups in total. The molecule has 1 aromatic carbocycles. The summed E-state index contributed by atoms with van der Waals surface area (Å²) < 4.78 is 38.3. The number of aliphatic hydroxyl groups excluding tert-OH is 2. The van der Waals surface area contributed by atoms with E-state index in [1.165, 1.54) is 6.07 Å². The summed E-state index contributed by atoms with van der Waals surface area (Å²) in [6, 6.07) is 7.30. The van der Waals surface area contributed by atoms with Gasteiger partial charge in [0.05, 0.1) is 18.2 Å². The molecule has 0 radical (unpaired) electrons. The Hall–Kier alpha value is -1.86. The number of benzene rings is 1. The summed E-state index contributed by atoms with van der Waals surface area (Å²) >= 11 is 0. The molecular weight excluding hydrogens is 273 g/mol. The molecule has 2 aromatic rings. The van der Waals surface area contributed by atoms with Gasteiger partial charge in [-0.1, -0.05) is 18.2 Å². The zero-order chi connectivity index (χ0) is 14.8. The largest absolute Gasteiger partial charge is 0.433 e. The molecule has 1 aromatic heterocycles. The molecule has 20 heavy (non-hydrogen) atoms. The first-order valence-electron chi connectivity index (χ1n) is 5.91. The lowest BCUT2D eigenvalue weighted by molar-refractivity contribution is -0.140. The van der Waals surface area contributed by atoms with Crippen LogP contribution in [0.5, 0.6) is 0 Å². The summed E-state index contributed by atoms with van der Waals surface area (Å²) in [5.74, 6) is 0. The van der Waals surface area contributed by atoms with Gasteiger partial charge in [0.25, 0.3) is 0 Å². The SMILES string of the molecule is OC[C@@H](O)CNc1cc(C(F)(F)F)nc2ccccc12. The zero-order valence-corrected chi connectivity index (χ0v) is 10.4. The maximum atomic E-state index is 12.8. The lowest BCUT2D eigenvalue weighted by Gasteiger charge is -2.15. The molecule has 0 amide bonds. The predicted molar refractivity (Wildman–Crippen MR) is 68.3 cm³/mol. The number of pyridine rings is 1. The number of nitrogens with zero attached hydrogens (tertiary/aromatic N) is 1. The summed E-state index contributed by atoms with van der Waals surface area (Å²) in [5, 5.41) is 21.2. The highest BCUT2D eigenvalue weighted by atomic mass is 19.4. The van der Waals surface area contributed by atoms with Gasteiger partial charge in [-0.3, -0.25) is 0 Å². The van der Waals surface area contributed by atoms with E-state index >= 15 is 0 Å². The number of nitrogens with one attached hydrogen (secondary N) is 1. The van der Waals surface area contributed by atoms with E-state index in [1.807, 2.05) is 0 Å². The van der Waals surface area contributed by atoms with E-state index in [4.69, 9.17) is 5.11 Å². The van der Waals surface area contributed by atoms with Crippen molar-refractivity contribution in [3.63, 3.8) is 0 Å². The summed E-state index contributed by atoms with van der Waals surface area (Å²) in [6.07, 6.45) is -5.59. The molecule has 0 unspecified atom stereocenters. The number of hydrogen-bond acceptors (Lipinski definition) is 4. The van der Waals surface area contributed by atoms with Crippen LogP contribution in [0, 0.1) is 0 Å². The standard InChI is InChI=1S/C13H13F3N2O2/c14-13(15,16)12-5-11(17-6-8(20)7-19)9-3-1-2-4-10(9)18-12/h1-5,8,19-20H,6-7H2,(H,17,18)/t8-/m0/s1. The van der Waals surface area contributed by atoms with Crippen molar-refractivity contribution in [1.29, 1.82) is 0 Å². The van der Waals surface area contributed by atoms with Gasteiger partial charge in [-0.2, -0.15) is 13.2 Å². The van der Waals surface area contributed by atoms with E-state index in [9.17, 15) is 18.3 Å². The van der Waals surface area contributed by atoms with Gasteiger partial charge in [-0.15, -0.1) is 0 Å². The smallest absolute Gasteiger partial charge is 0.394 e. The number of alkyl halides is 3. The molecule has 7 heteroatoms. The zero-order valence-electron chi connectivity index (χ0n) is 10.4. The Bertz CT molecular complexity index is 602. The molecule has 0 aliphatic heterocycles. The second kappa shape index (κ2) is 5.64. The number of aliphatic hydroxyl groups is 2. The summed E-state index contributed by atoms with van der Waals surface area (Å²) in [5.41, 5.74) is -0.573. The average molecular weight is 286 g/mol. The van der Waals surface area contributed by atoms with E-state index in [2.05, 4.69) is 10.3 Å². The summed E-state index contributed by atoms with van der Waals surface area (Å²) in [7, 11) is 0. The maximum absolute atomic E-state index is 12.8. The van der Waals surface area contributed by atoms with Crippen LogP contribution in [0.3, 0.4) is 0 Å². The number of fused-ring (bicyclic) bond motifs is 1. The van der Waals surface area contributed by atoms with Crippen LogP contribution in [0.2, 0.25) is 0 Å². The van der Waals surface area contributed by atoms with E-state index in [0.29, 0.717) is 5.39 Å². The van der Waals surface area contributed by atoms with Crippen molar-refractivity contribution in [2.24, 2.45) is 0 Å². The number of halogens is 3. The van der Waals surface area contributed by atoms with Crippen LogP contribution in [0.15, 0.2) is 30.3 Å². The van der Waals surface area contributed by atoms with Gasteiger partial charge >= 0.3 is 6.18 Å². The van der Waals surface area contributed by atoms with E-state index in [0.717, 1.165) is 6.07 Å². The third kappa shape index (κ3) is 3.17. The van der Waals surface area contributed by atoms with Crippen molar-refractivity contribution in [3.05, 3.63) is 36.0 Å². The molecule has 0 bridgehead atoms. The Morgan fingerprint density at radius 1 is 1.25 bits per heavy atom. The predicted octanol–water partition coefficient (Wildman–Crippen LogP) is 2.02. The topological polar surface area (TPSA) is 65.4 Å². The molecular formula is C13H13F3N2O2. The number of rotatable bonds is 4. The minimum Gasteiger partial charge on any atom is -0.394 e. The molecule has 2 rings (SSSR count). The number of hydrogen-bond donors (Lipinski definition) is 3. The summed E-state index contributed by atoms with van der Waals surface area (Å²) in [6.45, 7) is -0.524. The number of aromatic nitrogens is 1. The highest BCUT2D eigenvalue weighted by molar-refractivity contribution is 5.91. The first-order valence-corrected chi connectivity index (χ1v) is 5.91. The van der Waals surface area contributed by atoms with E-state index in [-0.39, 0.29) is 17.7 Å². The van der Waals surface area contributed by atoms with E-state index in [1.54, 1.807) is 18.2 Å². The van der Waals surface area contributed by atoms with Gasteiger partial charge in [-0.05, 0) is 12.1 Å². The maximum Gasteiger partial charge on any atom is 0.433 e. The molecule has 0 saturated heterocycles. The Labute approximate surface area is 112 Å². The highest BCUT2D eigenvalue weighted by Crippen LogP contribution is 2.32. The molecule has 0 saturated carbocycles. The summed E-state index contributed by atoms with van der Waals surface area (Å²) in [4.78, 5) is 3.58. The van der Waals surface area contributed by atoms with Crippen LogP contribution < -0.4 is 5.32 Å². The van der Waals surface area contributed by atoms with E-state index < -0.39 is 24.6 Å². The Kier molecular flexibility index (Phi) is 4.10. The van der Waals surface area contributed by atoms with Crippen molar-refractivity contribution >= 4 is 16.6 Å². The van der Waals surface area contributed by atoms with Crippen molar-refractivity contribution in [1.82, 2.24) is 4.98 Å².